The van der Waals surface area contributed by atoms with E-state index >= 15 is 0 Å². The quantitative estimate of drug-likeness (QED) is 0.317. The highest BCUT2D eigenvalue weighted by molar-refractivity contribution is 7.99. The fraction of sp³-hybridized carbons (Fsp3) is 0.0741. The lowest BCUT2D eigenvalue weighted by Gasteiger charge is -2.13. The second-order valence-corrected chi connectivity index (χ2v) is 10.4. The Morgan fingerprint density at radius 2 is 1.56 bits per heavy atom. The maximum absolute atomic E-state index is 12.5. The lowest BCUT2D eigenvalue weighted by Crippen LogP contribution is -2.14. The summed E-state index contributed by atoms with van der Waals surface area (Å²) in [6, 6.07) is 29.3. The Morgan fingerprint density at radius 3 is 2.14 bits per heavy atom. The van der Waals surface area contributed by atoms with Gasteiger partial charge in [0, 0.05) is 29.0 Å². The van der Waals surface area contributed by atoms with Crippen LogP contribution in [0.3, 0.4) is 0 Å². The first-order valence-corrected chi connectivity index (χ1v) is 13.5. The molecule has 0 bridgehead atoms. The third-order valence-electron chi connectivity index (χ3n) is 5.29. The number of amides is 1. The lowest BCUT2D eigenvalue weighted by molar-refractivity contribution is -0.115. The smallest absolute Gasteiger partial charge is 0.238 e. The predicted octanol–water partition coefficient (Wildman–Crippen LogP) is 5.06. The second-order valence-electron chi connectivity index (χ2n) is 7.80. The number of aromatic nitrogens is 1. The van der Waals surface area contributed by atoms with Gasteiger partial charge in [0.15, 0.2) is 0 Å². The number of hydrogen-bond acceptors (Lipinski definition) is 6. The highest BCUT2D eigenvalue weighted by atomic mass is 32.2. The lowest BCUT2D eigenvalue weighted by atomic mass is 9.99. The number of thioether (sulfide) groups is 1. The van der Waals surface area contributed by atoms with Gasteiger partial charge in [-0.3, -0.25) is 4.79 Å². The van der Waals surface area contributed by atoms with Gasteiger partial charge >= 0.3 is 0 Å². The van der Waals surface area contributed by atoms with Gasteiger partial charge in [0.1, 0.15) is 11.1 Å². The number of sulfonamides is 1. The number of hydrogen-bond donors (Lipinski definition) is 2. The summed E-state index contributed by atoms with van der Waals surface area (Å²) in [5.74, 6) is 0.154. The number of anilines is 1. The van der Waals surface area contributed by atoms with Crippen LogP contribution in [0.25, 0.3) is 22.4 Å². The fourth-order valence-electron chi connectivity index (χ4n) is 3.53. The molecule has 4 aromatic rings. The van der Waals surface area contributed by atoms with E-state index in [9.17, 15) is 18.5 Å². The average Bonchev–Trinajstić information content (AvgIpc) is 2.89. The SMILES string of the molecule is N#Cc1c(-c2ccccc2)cc(-c2ccccc2)nc1SCCC(=O)Nc1ccc(S(N)(=O)=O)cc1. The minimum atomic E-state index is -3.80. The van der Waals surface area contributed by atoms with E-state index in [0.29, 0.717) is 22.0 Å². The third-order valence-corrected chi connectivity index (χ3v) is 7.19. The third kappa shape index (κ3) is 6.17. The zero-order valence-electron chi connectivity index (χ0n) is 19.1. The van der Waals surface area contributed by atoms with Crippen molar-refractivity contribution in [1.82, 2.24) is 4.98 Å². The number of pyridine rings is 1. The summed E-state index contributed by atoms with van der Waals surface area (Å²) in [4.78, 5) is 17.2. The Bertz CT molecular complexity index is 1520. The zero-order chi connectivity index (χ0) is 25.5. The number of carbonyl (C=O) groups is 1. The van der Waals surface area contributed by atoms with Crippen molar-refractivity contribution in [3.63, 3.8) is 0 Å². The van der Waals surface area contributed by atoms with E-state index in [2.05, 4.69) is 11.4 Å². The Morgan fingerprint density at radius 1 is 0.944 bits per heavy atom. The van der Waals surface area contributed by atoms with Crippen molar-refractivity contribution in [2.45, 2.75) is 16.3 Å². The molecule has 7 nitrogen and oxygen atoms in total. The summed E-state index contributed by atoms with van der Waals surface area (Å²) in [5.41, 5.74) is 4.30. The molecule has 0 aliphatic heterocycles. The highest BCUT2D eigenvalue weighted by Gasteiger charge is 2.16. The molecule has 3 aromatic carbocycles. The van der Waals surface area contributed by atoms with Gasteiger partial charge in [0.2, 0.25) is 15.9 Å². The van der Waals surface area contributed by atoms with Gasteiger partial charge in [-0.1, -0.05) is 60.7 Å². The number of nitriles is 1. The van der Waals surface area contributed by atoms with Crippen LogP contribution >= 0.6 is 11.8 Å². The van der Waals surface area contributed by atoms with E-state index in [0.717, 1.165) is 22.4 Å². The van der Waals surface area contributed by atoms with Gasteiger partial charge in [-0.05, 0) is 35.9 Å². The summed E-state index contributed by atoms with van der Waals surface area (Å²) < 4.78 is 22.8. The minimum Gasteiger partial charge on any atom is -0.326 e. The molecular weight excluding hydrogens is 492 g/mol. The maximum Gasteiger partial charge on any atom is 0.238 e. The number of nitrogens with zero attached hydrogens (tertiary/aromatic N) is 2. The van der Waals surface area contributed by atoms with Gasteiger partial charge in [-0.25, -0.2) is 18.5 Å². The molecule has 0 radical (unpaired) electrons. The standard InChI is InChI=1S/C27H22N4O3S2/c28-18-24-23(19-7-3-1-4-8-19)17-25(20-9-5-2-6-10-20)31-27(24)35-16-15-26(32)30-21-11-13-22(14-12-21)36(29,33)34/h1-14,17H,15-16H2,(H,30,32)(H2,29,33,34). The number of rotatable bonds is 8. The van der Waals surface area contributed by atoms with Crippen LogP contribution in [-0.2, 0) is 14.8 Å². The molecule has 9 heteroatoms. The molecule has 0 saturated heterocycles. The summed E-state index contributed by atoms with van der Waals surface area (Å²) >= 11 is 1.34. The number of primary sulfonamides is 1. The first kappa shape index (κ1) is 25.1. The van der Waals surface area contributed by atoms with Crippen LogP contribution in [0.15, 0.2) is 101 Å². The fourth-order valence-corrected chi connectivity index (χ4v) is 4.99. The van der Waals surface area contributed by atoms with Crippen molar-refractivity contribution in [3.05, 3.63) is 96.6 Å². The monoisotopic (exact) mass is 514 g/mol. The molecule has 0 unspecified atom stereocenters. The molecule has 36 heavy (non-hydrogen) atoms. The molecular formula is C27H22N4O3S2. The highest BCUT2D eigenvalue weighted by Crippen LogP contribution is 2.34. The topological polar surface area (TPSA) is 126 Å². The van der Waals surface area contributed by atoms with Crippen molar-refractivity contribution in [3.8, 4) is 28.5 Å². The molecule has 3 N–H and O–H groups in total. The van der Waals surface area contributed by atoms with Crippen LogP contribution in [-0.4, -0.2) is 25.1 Å². The largest absolute Gasteiger partial charge is 0.326 e. The first-order chi connectivity index (χ1) is 17.3. The number of benzene rings is 3. The minimum absolute atomic E-state index is 0.0290. The Hall–Kier alpha value is -3.97. The zero-order valence-corrected chi connectivity index (χ0v) is 20.7. The van der Waals surface area contributed by atoms with E-state index in [4.69, 9.17) is 10.1 Å². The molecule has 4 rings (SSSR count). The summed E-state index contributed by atoms with van der Waals surface area (Å²) in [6.07, 6.45) is 0.171. The Kier molecular flexibility index (Phi) is 7.80. The van der Waals surface area contributed by atoms with Gasteiger partial charge in [-0.2, -0.15) is 5.26 Å². The molecule has 0 saturated carbocycles. The molecule has 180 valence electrons. The van der Waals surface area contributed by atoms with E-state index in [1.807, 2.05) is 66.7 Å². The molecule has 0 aliphatic rings. The normalized spacial score (nSPS) is 11.0. The molecule has 1 amide bonds. The van der Waals surface area contributed by atoms with Crippen molar-refractivity contribution < 1.29 is 13.2 Å². The van der Waals surface area contributed by atoms with Crippen molar-refractivity contribution in [2.75, 3.05) is 11.1 Å². The van der Waals surface area contributed by atoms with Crippen LogP contribution in [0.5, 0.6) is 0 Å². The summed E-state index contributed by atoms with van der Waals surface area (Å²) in [6.45, 7) is 0. The van der Waals surface area contributed by atoms with Crippen molar-refractivity contribution in [1.29, 1.82) is 5.26 Å². The van der Waals surface area contributed by atoms with Crippen LogP contribution < -0.4 is 10.5 Å². The van der Waals surface area contributed by atoms with E-state index < -0.39 is 10.0 Å². The predicted molar refractivity (Wildman–Crippen MR) is 142 cm³/mol. The van der Waals surface area contributed by atoms with Gasteiger partial charge in [0.25, 0.3) is 0 Å². The van der Waals surface area contributed by atoms with Crippen LogP contribution in [0.4, 0.5) is 5.69 Å². The number of nitrogens with one attached hydrogen (secondary N) is 1. The molecule has 0 spiro atoms. The van der Waals surface area contributed by atoms with Crippen LogP contribution in [0.1, 0.15) is 12.0 Å². The van der Waals surface area contributed by atoms with Crippen molar-refractivity contribution >= 4 is 33.4 Å². The van der Waals surface area contributed by atoms with Gasteiger partial charge < -0.3 is 5.32 Å². The van der Waals surface area contributed by atoms with Crippen LogP contribution in [0.2, 0.25) is 0 Å². The molecule has 0 aliphatic carbocycles. The van der Waals surface area contributed by atoms with Gasteiger partial charge in [0.05, 0.1) is 16.2 Å². The Labute approximate surface area is 214 Å². The second kappa shape index (κ2) is 11.2. The molecule has 1 heterocycles. The van der Waals surface area contributed by atoms with E-state index in [1.54, 1.807) is 0 Å². The molecule has 0 fully saturated rings. The maximum atomic E-state index is 12.5. The van der Waals surface area contributed by atoms with Crippen LogP contribution in [0, 0.1) is 11.3 Å². The number of carbonyl (C=O) groups excluding carboxylic acids is 1. The average molecular weight is 515 g/mol. The Balaban J connectivity index is 1.53. The van der Waals surface area contributed by atoms with Crippen molar-refractivity contribution in [2.24, 2.45) is 5.14 Å². The van der Waals surface area contributed by atoms with Gasteiger partial charge in [-0.15, -0.1) is 11.8 Å². The molecule has 0 atom stereocenters. The number of nitrogens with two attached hydrogens (primary N) is 1. The summed E-state index contributed by atoms with van der Waals surface area (Å²) in [7, 11) is -3.80. The molecule has 1 aromatic heterocycles. The first-order valence-electron chi connectivity index (χ1n) is 11.0. The van der Waals surface area contributed by atoms with E-state index in [-0.39, 0.29) is 17.2 Å². The van der Waals surface area contributed by atoms with E-state index in [1.165, 1.54) is 36.0 Å². The summed E-state index contributed by atoms with van der Waals surface area (Å²) in [5, 5.41) is 18.4.